The highest BCUT2D eigenvalue weighted by Gasteiger charge is 2.20. The first-order valence-electron chi connectivity index (χ1n) is 5.68. The molecule has 0 bridgehead atoms. The Labute approximate surface area is 91.5 Å². The molecule has 1 aliphatic rings. The van der Waals surface area contributed by atoms with E-state index >= 15 is 0 Å². The Morgan fingerprint density at radius 3 is 3.13 bits per heavy atom. The van der Waals surface area contributed by atoms with Gasteiger partial charge in [0.25, 0.3) is 0 Å². The van der Waals surface area contributed by atoms with Crippen molar-refractivity contribution in [2.24, 2.45) is 0 Å². The molecule has 0 aromatic carbocycles. The first-order valence-corrected chi connectivity index (χ1v) is 5.68. The van der Waals surface area contributed by atoms with Crippen LogP contribution < -0.4 is 5.32 Å². The first-order chi connectivity index (χ1) is 7.38. The number of nitrogens with zero attached hydrogens (tertiary/aromatic N) is 2. The van der Waals surface area contributed by atoms with Crippen LogP contribution in [0.4, 0.5) is 0 Å². The van der Waals surface area contributed by atoms with E-state index in [1.54, 1.807) is 0 Å². The summed E-state index contributed by atoms with van der Waals surface area (Å²) in [6.45, 7) is 3.54. The Kier molecular flexibility index (Phi) is 3.69. The van der Waals surface area contributed by atoms with Crippen LogP contribution >= 0.6 is 0 Å². The standard InChI is InChI=1S/C12H19N3/c1-13-12-6-9-15(10-12)8-5-11-4-2-3-7-14-11/h2-4,7,12-13H,5-6,8-10H2,1H3. The van der Waals surface area contributed by atoms with Gasteiger partial charge in [-0.25, -0.2) is 0 Å². The van der Waals surface area contributed by atoms with Gasteiger partial charge in [-0.3, -0.25) is 4.98 Å². The fourth-order valence-corrected chi connectivity index (χ4v) is 2.09. The minimum Gasteiger partial charge on any atom is -0.316 e. The molecule has 1 aromatic heterocycles. The van der Waals surface area contributed by atoms with Crippen molar-refractivity contribution in [3.8, 4) is 0 Å². The maximum atomic E-state index is 4.34. The normalized spacial score (nSPS) is 22.1. The monoisotopic (exact) mass is 205 g/mol. The molecule has 1 N–H and O–H groups in total. The lowest BCUT2D eigenvalue weighted by atomic mass is 10.2. The van der Waals surface area contributed by atoms with Gasteiger partial charge in [0.1, 0.15) is 0 Å². The van der Waals surface area contributed by atoms with Crippen LogP contribution in [-0.2, 0) is 6.42 Å². The van der Waals surface area contributed by atoms with Crippen LogP contribution in [0.5, 0.6) is 0 Å². The molecule has 0 amide bonds. The average molecular weight is 205 g/mol. The van der Waals surface area contributed by atoms with Gasteiger partial charge < -0.3 is 10.2 Å². The van der Waals surface area contributed by atoms with E-state index in [4.69, 9.17) is 0 Å². The molecule has 1 unspecified atom stereocenters. The number of hydrogen-bond acceptors (Lipinski definition) is 3. The molecule has 1 atom stereocenters. The average Bonchev–Trinajstić information content (AvgIpc) is 2.76. The van der Waals surface area contributed by atoms with Crippen molar-refractivity contribution in [2.75, 3.05) is 26.7 Å². The van der Waals surface area contributed by atoms with Crippen LogP contribution in [0.1, 0.15) is 12.1 Å². The second kappa shape index (κ2) is 5.24. The lowest BCUT2D eigenvalue weighted by Crippen LogP contribution is -2.30. The van der Waals surface area contributed by atoms with Gasteiger partial charge >= 0.3 is 0 Å². The molecule has 3 nitrogen and oxygen atoms in total. The molecule has 82 valence electrons. The summed E-state index contributed by atoms with van der Waals surface area (Å²) < 4.78 is 0. The Morgan fingerprint density at radius 2 is 2.47 bits per heavy atom. The number of pyridine rings is 1. The van der Waals surface area contributed by atoms with Crippen LogP contribution in [0.15, 0.2) is 24.4 Å². The summed E-state index contributed by atoms with van der Waals surface area (Å²) in [5.74, 6) is 0. The van der Waals surface area contributed by atoms with Gasteiger partial charge in [0, 0.05) is 37.4 Å². The zero-order valence-electron chi connectivity index (χ0n) is 9.32. The van der Waals surface area contributed by atoms with Crippen molar-refractivity contribution in [1.29, 1.82) is 0 Å². The summed E-state index contributed by atoms with van der Waals surface area (Å²) in [5.41, 5.74) is 1.20. The van der Waals surface area contributed by atoms with Crippen molar-refractivity contribution in [3.05, 3.63) is 30.1 Å². The lowest BCUT2D eigenvalue weighted by Gasteiger charge is -2.15. The Morgan fingerprint density at radius 1 is 1.53 bits per heavy atom. The van der Waals surface area contributed by atoms with E-state index in [0.717, 1.165) is 13.0 Å². The smallest absolute Gasteiger partial charge is 0.0416 e. The van der Waals surface area contributed by atoms with E-state index < -0.39 is 0 Å². The molecule has 0 radical (unpaired) electrons. The van der Waals surface area contributed by atoms with E-state index in [1.807, 2.05) is 19.3 Å². The second-order valence-electron chi connectivity index (χ2n) is 4.15. The molecule has 3 heteroatoms. The Bertz CT molecular complexity index is 286. The van der Waals surface area contributed by atoms with Crippen LogP contribution in [0.25, 0.3) is 0 Å². The van der Waals surface area contributed by atoms with Gasteiger partial charge in [-0.2, -0.15) is 0 Å². The highest BCUT2D eigenvalue weighted by atomic mass is 15.2. The Balaban J connectivity index is 1.75. The minimum absolute atomic E-state index is 0.689. The maximum absolute atomic E-state index is 4.34. The van der Waals surface area contributed by atoms with Crippen LogP contribution in [0.3, 0.4) is 0 Å². The molecule has 0 aliphatic carbocycles. The SMILES string of the molecule is CNC1CCN(CCc2ccccn2)C1. The molecule has 0 spiro atoms. The third-order valence-electron chi connectivity index (χ3n) is 3.09. The molecule has 1 fully saturated rings. The van der Waals surface area contributed by atoms with E-state index in [2.05, 4.69) is 27.3 Å². The lowest BCUT2D eigenvalue weighted by molar-refractivity contribution is 0.333. The zero-order chi connectivity index (χ0) is 10.5. The molecule has 1 aromatic rings. The molecule has 2 heterocycles. The summed E-state index contributed by atoms with van der Waals surface area (Å²) in [4.78, 5) is 6.85. The topological polar surface area (TPSA) is 28.2 Å². The van der Waals surface area contributed by atoms with Gasteiger partial charge in [0.2, 0.25) is 0 Å². The van der Waals surface area contributed by atoms with Gasteiger partial charge in [-0.05, 0) is 32.1 Å². The number of likely N-dealkylation sites (N-methyl/N-ethyl adjacent to an activating group) is 1. The van der Waals surface area contributed by atoms with E-state index in [-0.39, 0.29) is 0 Å². The molecule has 2 rings (SSSR count). The largest absolute Gasteiger partial charge is 0.316 e. The summed E-state index contributed by atoms with van der Waals surface area (Å²) in [5, 5.41) is 3.33. The van der Waals surface area contributed by atoms with Crippen molar-refractivity contribution in [2.45, 2.75) is 18.9 Å². The molecule has 1 aliphatic heterocycles. The van der Waals surface area contributed by atoms with Crippen molar-refractivity contribution in [1.82, 2.24) is 15.2 Å². The number of aromatic nitrogens is 1. The van der Waals surface area contributed by atoms with E-state index in [0.29, 0.717) is 6.04 Å². The summed E-state index contributed by atoms with van der Waals surface area (Å²) >= 11 is 0. The second-order valence-corrected chi connectivity index (χ2v) is 4.15. The number of hydrogen-bond donors (Lipinski definition) is 1. The van der Waals surface area contributed by atoms with Crippen LogP contribution in [0.2, 0.25) is 0 Å². The van der Waals surface area contributed by atoms with Gasteiger partial charge in [0.05, 0.1) is 0 Å². The summed E-state index contributed by atoms with van der Waals surface area (Å²) in [6.07, 6.45) is 4.21. The quantitative estimate of drug-likeness (QED) is 0.792. The van der Waals surface area contributed by atoms with Crippen molar-refractivity contribution >= 4 is 0 Å². The third kappa shape index (κ3) is 3.01. The first kappa shape index (κ1) is 10.6. The molecular formula is C12H19N3. The van der Waals surface area contributed by atoms with Gasteiger partial charge in [-0.1, -0.05) is 6.07 Å². The number of rotatable bonds is 4. The van der Waals surface area contributed by atoms with Crippen molar-refractivity contribution in [3.63, 3.8) is 0 Å². The molecule has 1 saturated heterocycles. The molecule has 0 saturated carbocycles. The molecular weight excluding hydrogens is 186 g/mol. The third-order valence-corrected chi connectivity index (χ3v) is 3.09. The Hall–Kier alpha value is -0.930. The van der Waals surface area contributed by atoms with E-state index in [1.165, 1.54) is 25.2 Å². The predicted molar refractivity (Wildman–Crippen MR) is 61.8 cm³/mol. The van der Waals surface area contributed by atoms with Crippen LogP contribution in [0, 0.1) is 0 Å². The van der Waals surface area contributed by atoms with Crippen LogP contribution in [-0.4, -0.2) is 42.6 Å². The fraction of sp³-hybridized carbons (Fsp3) is 0.583. The highest BCUT2D eigenvalue weighted by molar-refractivity contribution is 5.03. The summed E-state index contributed by atoms with van der Waals surface area (Å²) in [6, 6.07) is 6.82. The molecule has 15 heavy (non-hydrogen) atoms. The van der Waals surface area contributed by atoms with Crippen molar-refractivity contribution < 1.29 is 0 Å². The van der Waals surface area contributed by atoms with Gasteiger partial charge in [-0.15, -0.1) is 0 Å². The number of likely N-dealkylation sites (tertiary alicyclic amines) is 1. The maximum Gasteiger partial charge on any atom is 0.0416 e. The highest BCUT2D eigenvalue weighted by Crippen LogP contribution is 2.09. The summed E-state index contributed by atoms with van der Waals surface area (Å²) in [7, 11) is 2.05. The fourth-order valence-electron chi connectivity index (χ4n) is 2.09. The predicted octanol–water partition coefficient (Wildman–Crippen LogP) is 0.918. The zero-order valence-corrected chi connectivity index (χ0v) is 9.32. The van der Waals surface area contributed by atoms with Gasteiger partial charge in [0.15, 0.2) is 0 Å². The number of nitrogens with one attached hydrogen (secondary N) is 1. The minimum atomic E-state index is 0.689. The van der Waals surface area contributed by atoms with E-state index in [9.17, 15) is 0 Å².